The molecule has 34 heavy (non-hydrogen) atoms. The minimum atomic E-state index is -0.849. The average Bonchev–Trinajstić information content (AvgIpc) is 2.84. The number of benzene rings is 2. The highest BCUT2D eigenvalue weighted by atomic mass is 16.5. The quantitative estimate of drug-likeness (QED) is 0.293. The fourth-order valence-electron chi connectivity index (χ4n) is 3.23. The highest BCUT2D eigenvalue weighted by molar-refractivity contribution is 6.02. The van der Waals surface area contributed by atoms with E-state index in [0.717, 1.165) is 20.3 Å². The SMILES string of the molecule is CCOc1ccc(/C=C/C(=O)OCC(=O)c2c(N)n(Cc3ccccc3)c(=O)n(C)c2=O)cc1. The Bertz CT molecular complexity index is 1320. The molecule has 0 bridgehead atoms. The summed E-state index contributed by atoms with van der Waals surface area (Å²) in [6, 6.07) is 16.1. The van der Waals surface area contributed by atoms with Crippen molar-refractivity contribution in [3.05, 3.63) is 98.2 Å². The van der Waals surface area contributed by atoms with Gasteiger partial charge in [-0.3, -0.25) is 18.7 Å². The summed E-state index contributed by atoms with van der Waals surface area (Å²) >= 11 is 0. The molecule has 0 unspecified atom stereocenters. The Kier molecular flexibility index (Phi) is 7.81. The van der Waals surface area contributed by atoms with Crippen LogP contribution in [0.5, 0.6) is 5.75 Å². The summed E-state index contributed by atoms with van der Waals surface area (Å²) in [6.45, 7) is 1.80. The molecule has 0 aliphatic rings. The van der Waals surface area contributed by atoms with Crippen LogP contribution in [0.3, 0.4) is 0 Å². The summed E-state index contributed by atoms with van der Waals surface area (Å²) in [5.41, 5.74) is 5.63. The highest BCUT2D eigenvalue weighted by Gasteiger charge is 2.22. The lowest BCUT2D eigenvalue weighted by Crippen LogP contribution is -2.43. The maximum Gasteiger partial charge on any atom is 0.332 e. The van der Waals surface area contributed by atoms with E-state index in [0.29, 0.717) is 12.4 Å². The summed E-state index contributed by atoms with van der Waals surface area (Å²) in [4.78, 5) is 49.9. The van der Waals surface area contributed by atoms with Crippen LogP contribution in [-0.4, -0.2) is 34.1 Å². The number of nitrogen functional groups attached to an aromatic ring is 1. The van der Waals surface area contributed by atoms with Crippen molar-refractivity contribution in [2.24, 2.45) is 7.05 Å². The van der Waals surface area contributed by atoms with Crippen LogP contribution in [0.25, 0.3) is 6.08 Å². The van der Waals surface area contributed by atoms with E-state index >= 15 is 0 Å². The number of anilines is 1. The molecule has 0 atom stereocenters. The summed E-state index contributed by atoms with van der Waals surface area (Å²) in [7, 11) is 1.26. The molecule has 0 radical (unpaired) electrons. The second-order valence-corrected chi connectivity index (χ2v) is 7.34. The number of carbonyl (C=O) groups is 2. The molecule has 1 aromatic heterocycles. The Balaban J connectivity index is 1.73. The molecule has 0 aliphatic carbocycles. The number of aromatic nitrogens is 2. The second-order valence-electron chi connectivity index (χ2n) is 7.34. The van der Waals surface area contributed by atoms with E-state index in [1.165, 1.54) is 19.2 Å². The van der Waals surface area contributed by atoms with Gasteiger partial charge in [0.15, 0.2) is 6.61 Å². The van der Waals surface area contributed by atoms with Gasteiger partial charge in [-0.05, 0) is 36.3 Å². The number of esters is 1. The normalized spacial score (nSPS) is 10.9. The third-order valence-corrected chi connectivity index (χ3v) is 4.99. The van der Waals surface area contributed by atoms with Crippen molar-refractivity contribution >= 4 is 23.6 Å². The first-order chi connectivity index (χ1) is 16.3. The van der Waals surface area contributed by atoms with Crippen molar-refractivity contribution in [3.8, 4) is 5.75 Å². The number of ketones is 1. The number of nitrogens with zero attached hydrogens (tertiary/aromatic N) is 2. The number of hydrogen-bond donors (Lipinski definition) is 1. The Hall–Kier alpha value is -4.40. The molecule has 0 spiro atoms. The van der Waals surface area contributed by atoms with E-state index in [-0.39, 0.29) is 12.4 Å². The Morgan fingerprint density at radius 1 is 1.03 bits per heavy atom. The van der Waals surface area contributed by atoms with Crippen LogP contribution in [0.15, 0.2) is 70.3 Å². The lowest BCUT2D eigenvalue weighted by atomic mass is 10.2. The second kappa shape index (κ2) is 11.0. The van der Waals surface area contributed by atoms with Gasteiger partial charge in [0.25, 0.3) is 5.56 Å². The maximum absolute atomic E-state index is 12.7. The van der Waals surface area contributed by atoms with E-state index in [1.54, 1.807) is 48.5 Å². The third-order valence-electron chi connectivity index (χ3n) is 4.99. The van der Waals surface area contributed by atoms with Crippen molar-refractivity contribution in [2.75, 3.05) is 18.9 Å². The van der Waals surface area contributed by atoms with E-state index in [1.807, 2.05) is 13.0 Å². The molecule has 3 aromatic rings. The zero-order chi connectivity index (χ0) is 24.7. The average molecular weight is 463 g/mol. The molecule has 0 amide bonds. The molecule has 0 saturated heterocycles. The largest absolute Gasteiger partial charge is 0.494 e. The number of nitrogens with two attached hydrogens (primary N) is 1. The molecule has 0 fully saturated rings. The zero-order valence-electron chi connectivity index (χ0n) is 18.9. The molecule has 1 heterocycles. The van der Waals surface area contributed by atoms with E-state index in [2.05, 4.69) is 0 Å². The van der Waals surface area contributed by atoms with Crippen LogP contribution >= 0.6 is 0 Å². The number of carbonyl (C=O) groups excluding carboxylic acids is 2. The molecule has 2 N–H and O–H groups in total. The molecule has 0 saturated carbocycles. The van der Waals surface area contributed by atoms with Crippen LogP contribution in [0.1, 0.15) is 28.4 Å². The molecule has 9 heteroatoms. The molecule has 0 aliphatic heterocycles. The standard InChI is InChI=1S/C25H25N3O6/c1-3-33-19-12-9-17(10-13-19)11-14-21(30)34-16-20(29)22-23(26)28(25(32)27(2)24(22)31)15-18-7-5-4-6-8-18/h4-14H,3,15-16,26H2,1-2H3/b14-11+. The summed E-state index contributed by atoms with van der Waals surface area (Å²) in [6.07, 6.45) is 2.69. The fourth-order valence-corrected chi connectivity index (χ4v) is 3.23. The number of rotatable bonds is 9. The summed E-state index contributed by atoms with van der Waals surface area (Å²) in [5.74, 6) is -1.14. The van der Waals surface area contributed by atoms with Gasteiger partial charge in [-0.1, -0.05) is 42.5 Å². The monoisotopic (exact) mass is 463 g/mol. The lowest BCUT2D eigenvalue weighted by Gasteiger charge is -2.14. The molecule has 9 nitrogen and oxygen atoms in total. The van der Waals surface area contributed by atoms with Crippen molar-refractivity contribution in [3.63, 3.8) is 0 Å². The van der Waals surface area contributed by atoms with Crippen molar-refractivity contribution in [1.29, 1.82) is 0 Å². The molecule has 176 valence electrons. The van der Waals surface area contributed by atoms with Gasteiger partial charge in [0.2, 0.25) is 5.78 Å². The smallest absolute Gasteiger partial charge is 0.332 e. The Morgan fingerprint density at radius 3 is 2.35 bits per heavy atom. The predicted molar refractivity (Wildman–Crippen MR) is 128 cm³/mol. The van der Waals surface area contributed by atoms with E-state index in [4.69, 9.17) is 15.2 Å². The van der Waals surface area contributed by atoms with Crippen molar-refractivity contribution in [2.45, 2.75) is 13.5 Å². The van der Waals surface area contributed by atoms with Gasteiger partial charge in [-0.25, -0.2) is 9.59 Å². The molecular weight excluding hydrogens is 438 g/mol. The van der Waals surface area contributed by atoms with Gasteiger partial charge in [0.05, 0.1) is 13.2 Å². The predicted octanol–water partition coefficient (Wildman–Crippen LogP) is 2.02. The van der Waals surface area contributed by atoms with Crippen LogP contribution in [-0.2, 0) is 23.1 Å². The minimum Gasteiger partial charge on any atom is -0.494 e. The lowest BCUT2D eigenvalue weighted by molar-refractivity contribution is -0.136. The van der Waals surface area contributed by atoms with Crippen LogP contribution < -0.4 is 21.7 Å². The number of ether oxygens (including phenoxy) is 2. The van der Waals surface area contributed by atoms with Gasteiger partial charge in [-0.15, -0.1) is 0 Å². The number of Topliss-reactive ketones (excluding diaryl/α,β-unsaturated/α-hetero) is 1. The summed E-state index contributed by atoms with van der Waals surface area (Å²) in [5, 5.41) is 0. The van der Waals surface area contributed by atoms with Gasteiger partial charge in [-0.2, -0.15) is 0 Å². The topological polar surface area (TPSA) is 123 Å². The Labute approximate surface area is 195 Å². The first-order valence-corrected chi connectivity index (χ1v) is 10.6. The van der Waals surface area contributed by atoms with E-state index < -0.39 is 35.2 Å². The first kappa shape index (κ1) is 24.2. The zero-order valence-corrected chi connectivity index (χ0v) is 18.9. The highest BCUT2D eigenvalue weighted by Crippen LogP contribution is 2.13. The van der Waals surface area contributed by atoms with Crippen LogP contribution in [0.2, 0.25) is 0 Å². The van der Waals surface area contributed by atoms with Gasteiger partial charge >= 0.3 is 11.7 Å². The molecule has 3 rings (SSSR count). The fraction of sp³-hybridized carbons (Fsp3) is 0.200. The molecule has 2 aromatic carbocycles. The van der Waals surface area contributed by atoms with Crippen LogP contribution in [0.4, 0.5) is 5.82 Å². The Morgan fingerprint density at radius 2 is 1.71 bits per heavy atom. The molecular formula is C25H25N3O6. The van der Waals surface area contributed by atoms with Gasteiger partial charge < -0.3 is 15.2 Å². The maximum atomic E-state index is 12.7. The first-order valence-electron chi connectivity index (χ1n) is 10.6. The van der Waals surface area contributed by atoms with Gasteiger partial charge in [0.1, 0.15) is 17.1 Å². The number of hydrogen-bond acceptors (Lipinski definition) is 7. The minimum absolute atomic E-state index is 0.0739. The summed E-state index contributed by atoms with van der Waals surface area (Å²) < 4.78 is 12.3. The van der Waals surface area contributed by atoms with Gasteiger partial charge in [0, 0.05) is 13.1 Å². The van der Waals surface area contributed by atoms with Crippen molar-refractivity contribution in [1.82, 2.24) is 9.13 Å². The van der Waals surface area contributed by atoms with Crippen LogP contribution in [0, 0.1) is 0 Å². The third kappa shape index (κ3) is 5.69. The van der Waals surface area contributed by atoms with Crippen molar-refractivity contribution < 1.29 is 19.1 Å². The van der Waals surface area contributed by atoms with E-state index in [9.17, 15) is 19.2 Å².